The Labute approximate surface area is 134 Å². The summed E-state index contributed by atoms with van der Waals surface area (Å²) in [5.41, 5.74) is -0.877. The van der Waals surface area contributed by atoms with Gasteiger partial charge in [-0.15, -0.1) is 0 Å². The first-order valence-corrected chi connectivity index (χ1v) is 7.68. The molecule has 1 saturated heterocycles. The molecule has 0 aromatic heterocycles. The fourth-order valence-corrected chi connectivity index (χ4v) is 2.71. The van der Waals surface area contributed by atoms with Gasteiger partial charge >= 0.3 is 5.97 Å². The molecule has 1 aliphatic heterocycles. The lowest BCUT2D eigenvalue weighted by atomic mass is 9.90. The molecule has 6 heteroatoms. The van der Waals surface area contributed by atoms with Gasteiger partial charge in [0.05, 0.1) is 10.4 Å². The standard InChI is InChI=1S/C16H20ClNO4/c1-3-12(22-13-7-5-4-6-11(13)17)14(19)18-9-8-16(2,10-18)15(20)21/h4-7,12H,3,8-10H2,1-2H3,(H,20,21). The topological polar surface area (TPSA) is 66.8 Å². The molecule has 5 nitrogen and oxygen atoms in total. The molecular weight excluding hydrogens is 306 g/mol. The van der Waals surface area contributed by atoms with E-state index in [1.165, 1.54) is 0 Å². The van der Waals surface area contributed by atoms with Gasteiger partial charge in [0, 0.05) is 13.1 Å². The number of halogens is 1. The van der Waals surface area contributed by atoms with Gasteiger partial charge in [-0.05, 0) is 31.9 Å². The summed E-state index contributed by atoms with van der Waals surface area (Å²) in [6.07, 6.45) is 0.289. The zero-order valence-electron chi connectivity index (χ0n) is 12.7. The van der Waals surface area contributed by atoms with Crippen molar-refractivity contribution in [3.05, 3.63) is 29.3 Å². The third-order valence-corrected chi connectivity index (χ3v) is 4.37. The lowest BCUT2D eigenvalue weighted by Gasteiger charge is -2.25. The molecule has 0 saturated carbocycles. The Morgan fingerprint density at radius 1 is 1.45 bits per heavy atom. The summed E-state index contributed by atoms with van der Waals surface area (Å²) in [5, 5.41) is 9.70. The van der Waals surface area contributed by atoms with E-state index >= 15 is 0 Å². The minimum Gasteiger partial charge on any atom is -0.481 e. The van der Waals surface area contributed by atoms with E-state index in [-0.39, 0.29) is 12.5 Å². The molecule has 2 atom stereocenters. The van der Waals surface area contributed by atoms with Crippen LogP contribution in [0.3, 0.4) is 0 Å². The van der Waals surface area contributed by atoms with E-state index in [1.54, 1.807) is 36.1 Å². The SMILES string of the molecule is CCC(Oc1ccccc1Cl)C(=O)N1CCC(C)(C(=O)O)C1. The number of hydrogen-bond acceptors (Lipinski definition) is 3. The Kier molecular flexibility index (Phi) is 4.96. The van der Waals surface area contributed by atoms with Crippen molar-refractivity contribution < 1.29 is 19.4 Å². The Hall–Kier alpha value is -1.75. The summed E-state index contributed by atoms with van der Waals surface area (Å²) >= 11 is 6.05. The van der Waals surface area contributed by atoms with Gasteiger partial charge in [0.15, 0.2) is 6.10 Å². The Morgan fingerprint density at radius 3 is 2.68 bits per heavy atom. The third-order valence-electron chi connectivity index (χ3n) is 4.05. The number of aliphatic carboxylic acids is 1. The number of carbonyl (C=O) groups excluding carboxylic acids is 1. The molecule has 120 valence electrons. The van der Waals surface area contributed by atoms with Crippen molar-refractivity contribution >= 4 is 23.5 Å². The summed E-state index contributed by atoms with van der Waals surface area (Å²) in [7, 11) is 0. The molecule has 1 heterocycles. The number of carboxylic acid groups (broad SMARTS) is 1. The van der Waals surface area contributed by atoms with E-state index in [4.69, 9.17) is 16.3 Å². The Morgan fingerprint density at radius 2 is 2.14 bits per heavy atom. The van der Waals surface area contributed by atoms with Crippen LogP contribution in [0.2, 0.25) is 5.02 Å². The third kappa shape index (κ3) is 3.35. The van der Waals surface area contributed by atoms with Crippen molar-refractivity contribution in [3.63, 3.8) is 0 Å². The number of para-hydroxylation sites is 1. The maximum Gasteiger partial charge on any atom is 0.311 e. The van der Waals surface area contributed by atoms with E-state index in [0.29, 0.717) is 30.2 Å². The molecule has 1 N–H and O–H groups in total. The van der Waals surface area contributed by atoms with Crippen molar-refractivity contribution in [3.8, 4) is 5.75 Å². The van der Waals surface area contributed by atoms with Crippen molar-refractivity contribution in [2.45, 2.75) is 32.8 Å². The molecule has 1 aromatic rings. The second kappa shape index (κ2) is 6.57. The molecular formula is C16H20ClNO4. The monoisotopic (exact) mass is 325 g/mol. The van der Waals surface area contributed by atoms with Gasteiger partial charge in [0.1, 0.15) is 5.75 Å². The molecule has 0 radical (unpaired) electrons. The number of hydrogen-bond donors (Lipinski definition) is 1. The zero-order chi connectivity index (χ0) is 16.3. The van der Waals surface area contributed by atoms with E-state index in [0.717, 1.165) is 0 Å². The number of carbonyl (C=O) groups is 2. The molecule has 1 aliphatic rings. The van der Waals surface area contributed by atoms with E-state index < -0.39 is 17.5 Å². The van der Waals surface area contributed by atoms with Gasteiger partial charge in [-0.3, -0.25) is 9.59 Å². The average molecular weight is 326 g/mol. The van der Waals surface area contributed by atoms with Gasteiger partial charge < -0.3 is 14.7 Å². The van der Waals surface area contributed by atoms with E-state index in [2.05, 4.69) is 0 Å². The molecule has 0 aliphatic carbocycles. The molecule has 1 amide bonds. The van der Waals surface area contributed by atoms with Crippen LogP contribution < -0.4 is 4.74 Å². The predicted octanol–water partition coefficient (Wildman–Crippen LogP) is 2.82. The molecule has 2 unspecified atom stereocenters. The number of nitrogens with zero attached hydrogens (tertiary/aromatic N) is 1. The molecule has 1 aromatic carbocycles. The second-order valence-electron chi connectivity index (χ2n) is 5.82. The summed E-state index contributed by atoms with van der Waals surface area (Å²) in [4.78, 5) is 25.4. The van der Waals surface area contributed by atoms with Crippen LogP contribution in [0.15, 0.2) is 24.3 Å². The highest BCUT2D eigenvalue weighted by Gasteiger charge is 2.43. The first-order valence-electron chi connectivity index (χ1n) is 7.31. The lowest BCUT2D eigenvalue weighted by molar-refractivity contribution is -0.148. The summed E-state index contributed by atoms with van der Waals surface area (Å²) in [6, 6.07) is 6.99. The van der Waals surface area contributed by atoms with Crippen LogP contribution in [-0.4, -0.2) is 41.1 Å². The average Bonchev–Trinajstić information content (AvgIpc) is 2.90. The smallest absolute Gasteiger partial charge is 0.311 e. The number of likely N-dealkylation sites (tertiary alicyclic amines) is 1. The number of benzene rings is 1. The van der Waals surface area contributed by atoms with Gasteiger partial charge in [0.25, 0.3) is 5.91 Å². The number of rotatable bonds is 5. The van der Waals surface area contributed by atoms with Crippen molar-refractivity contribution in [2.75, 3.05) is 13.1 Å². The van der Waals surface area contributed by atoms with Gasteiger partial charge in [0.2, 0.25) is 0 Å². The van der Waals surface area contributed by atoms with Crippen molar-refractivity contribution in [1.82, 2.24) is 4.90 Å². The molecule has 0 bridgehead atoms. The first-order chi connectivity index (χ1) is 10.4. The highest BCUT2D eigenvalue weighted by atomic mass is 35.5. The van der Waals surface area contributed by atoms with Crippen LogP contribution in [0.25, 0.3) is 0 Å². The molecule has 0 spiro atoms. The summed E-state index contributed by atoms with van der Waals surface area (Å²) < 4.78 is 5.73. The maximum absolute atomic E-state index is 12.6. The van der Waals surface area contributed by atoms with Gasteiger partial charge in [-0.2, -0.15) is 0 Å². The maximum atomic E-state index is 12.6. The highest BCUT2D eigenvalue weighted by Crippen LogP contribution is 2.31. The number of amides is 1. The number of ether oxygens (including phenoxy) is 1. The van der Waals surface area contributed by atoms with Crippen LogP contribution in [0.4, 0.5) is 0 Å². The molecule has 22 heavy (non-hydrogen) atoms. The zero-order valence-corrected chi connectivity index (χ0v) is 13.5. The van der Waals surface area contributed by atoms with Crippen LogP contribution in [0.5, 0.6) is 5.75 Å². The minimum atomic E-state index is -0.877. The lowest BCUT2D eigenvalue weighted by Crippen LogP contribution is -2.42. The Bertz CT molecular complexity index is 577. The number of carboxylic acids is 1. The molecule has 1 fully saturated rings. The first kappa shape index (κ1) is 16.6. The van der Waals surface area contributed by atoms with Crippen LogP contribution in [0, 0.1) is 5.41 Å². The summed E-state index contributed by atoms with van der Waals surface area (Å²) in [5.74, 6) is -0.597. The fraction of sp³-hybridized carbons (Fsp3) is 0.500. The minimum absolute atomic E-state index is 0.188. The quantitative estimate of drug-likeness (QED) is 0.904. The van der Waals surface area contributed by atoms with Crippen LogP contribution >= 0.6 is 11.6 Å². The summed E-state index contributed by atoms with van der Waals surface area (Å²) in [6.45, 7) is 4.16. The van der Waals surface area contributed by atoms with E-state index in [9.17, 15) is 14.7 Å². The van der Waals surface area contributed by atoms with Crippen LogP contribution in [-0.2, 0) is 9.59 Å². The largest absolute Gasteiger partial charge is 0.481 e. The normalized spacial score (nSPS) is 22.4. The van der Waals surface area contributed by atoms with Gasteiger partial charge in [-0.1, -0.05) is 30.7 Å². The highest BCUT2D eigenvalue weighted by molar-refractivity contribution is 6.32. The van der Waals surface area contributed by atoms with Gasteiger partial charge in [-0.25, -0.2) is 0 Å². The van der Waals surface area contributed by atoms with Crippen molar-refractivity contribution in [1.29, 1.82) is 0 Å². The fourth-order valence-electron chi connectivity index (χ4n) is 2.53. The van der Waals surface area contributed by atoms with Crippen molar-refractivity contribution in [2.24, 2.45) is 5.41 Å². The van der Waals surface area contributed by atoms with E-state index in [1.807, 2.05) is 6.92 Å². The van der Waals surface area contributed by atoms with Crippen LogP contribution in [0.1, 0.15) is 26.7 Å². The predicted molar refractivity (Wildman–Crippen MR) is 83.1 cm³/mol. The Balaban J connectivity index is 2.07. The second-order valence-corrected chi connectivity index (χ2v) is 6.23. The molecule has 2 rings (SSSR count).